The summed E-state index contributed by atoms with van der Waals surface area (Å²) in [5.41, 5.74) is 4.97. The second kappa shape index (κ2) is 7.02. The first-order chi connectivity index (χ1) is 13.0. The highest BCUT2D eigenvalue weighted by atomic mass is 16.1. The van der Waals surface area contributed by atoms with Gasteiger partial charge in [-0.25, -0.2) is 4.98 Å². The molecule has 0 bridgehead atoms. The molecule has 1 amide bonds. The van der Waals surface area contributed by atoms with Gasteiger partial charge in [0.1, 0.15) is 0 Å². The van der Waals surface area contributed by atoms with Gasteiger partial charge in [-0.05, 0) is 63.4 Å². The number of aryl methyl sites for hydroxylation is 3. The van der Waals surface area contributed by atoms with E-state index in [4.69, 9.17) is 0 Å². The molecule has 1 aliphatic heterocycles. The number of aromatic nitrogens is 3. The third kappa shape index (κ3) is 3.39. The minimum Gasteiger partial charge on any atom is -0.372 e. The third-order valence-corrected chi connectivity index (χ3v) is 5.28. The lowest BCUT2D eigenvalue weighted by Gasteiger charge is -2.28. The minimum absolute atomic E-state index is 0.143. The summed E-state index contributed by atoms with van der Waals surface area (Å²) in [7, 11) is 1.87. The van der Waals surface area contributed by atoms with Crippen LogP contribution in [-0.2, 0) is 7.05 Å². The van der Waals surface area contributed by atoms with Crippen molar-refractivity contribution in [2.24, 2.45) is 7.05 Å². The molecule has 1 aliphatic rings. The Hall–Kier alpha value is -2.89. The topological polar surface area (TPSA) is 63.1 Å². The van der Waals surface area contributed by atoms with Gasteiger partial charge in [0.25, 0.3) is 5.91 Å². The lowest BCUT2D eigenvalue weighted by atomic mass is 10.1. The van der Waals surface area contributed by atoms with Crippen molar-refractivity contribution >= 4 is 28.3 Å². The van der Waals surface area contributed by atoms with Gasteiger partial charge in [-0.2, -0.15) is 5.10 Å². The number of rotatable bonds is 3. The molecule has 0 atom stereocenters. The summed E-state index contributed by atoms with van der Waals surface area (Å²) in [6, 6.07) is 10.00. The number of anilines is 2. The number of fused-ring (bicyclic) bond motifs is 1. The lowest BCUT2D eigenvalue weighted by Crippen LogP contribution is -2.29. The zero-order valence-corrected chi connectivity index (χ0v) is 16.1. The molecule has 1 saturated heterocycles. The van der Waals surface area contributed by atoms with Crippen LogP contribution in [0.5, 0.6) is 0 Å². The molecule has 140 valence electrons. The first-order valence-corrected chi connectivity index (χ1v) is 9.50. The average molecular weight is 363 g/mol. The Labute approximate surface area is 159 Å². The standard InChI is InChI=1S/C21H25N5O/c1-14-19(13-18-15(2)24-25(3)20(18)22-14)21(27)23-16-7-9-17(10-8-16)26-11-5-4-6-12-26/h7-10,13H,4-6,11-12H2,1-3H3,(H,23,27). The fourth-order valence-corrected chi connectivity index (χ4v) is 3.77. The zero-order valence-electron chi connectivity index (χ0n) is 16.1. The maximum atomic E-state index is 12.8. The molecule has 2 aromatic heterocycles. The molecule has 4 rings (SSSR count). The van der Waals surface area contributed by atoms with Crippen LogP contribution in [0.4, 0.5) is 11.4 Å². The summed E-state index contributed by atoms with van der Waals surface area (Å²) < 4.78 is 1.75. The Bertz CT molecular complexity index is 984. The van der Waals surface area contributed by atoms with Gasteiger partial charge in [0, 0.05) is 36.9 Å². The van der Waals surface area contributed by atoms with E-state index in [9.17, 15) is 4.79 Å². The van der Waals surface area contributed by atoms with E-state index in [0.717, 1.165) is 35.5 Å². The van der Waals surface area contributed by atoms with Crippen LogP contribution in [0.25, 0.3) is 11.0 Å². The van der Waals surface area contributed by atoms with Crippen molar-refractivity contribution in [1.29, 1.82) is 0 Å². The van der Waals surface area contributed by atoms with Gasteiger partial charge in [0.05, 0.1) is 17.0 Å². The molecule has 1 aromatic carbocycles. The monoisotopic (exact) mass is 363 g/mol. The number of benzene rings is 1. The fourth-order valence-electron chi connectivity index (χ4n) is 3.77. The summed E-state index contributed by atoms with van der Waals surface area (Å²) >= 11 is 0. The average Bonchev–Trinajstić information content (AvgIpc) is 2.95. The van der Waals surface area contributed by atoms with Crippen molar-refractivity contribution in [2.45, 2.75) is 33.1 Å². The van der Waals surface area contributed by atoms with Gasteiger partial charge >= 0.3 is 0 Å². The van der Waals surface area contributed by atoms with Crippen LogP contribution < -0.4 is 10.2 Å². The van der Waals surface area contributed by atoms with Crippen LogP contribution >= 0.6 is 0 Å². The normalized spacial score (nSPS) is 14.6. The Kier molecular flexibility index (Phi) is 4.56. The summed E-state index contributed by atoms with van der Waals surface area (Å²) in [6.45, 7) is 6.01. The molecule has 1 fully saturated rings. The van der Waals surface area contributed by atoms with E-state index in [2.05, 4.69) is 32.4 Å². The van der Waals surface area contributed by atoms with E-state index in [1.54, 1.807) is 4.68 Å². The molecule has 6 nitrogen and oxygen atoms in total. The molecule has 1 N–H and O–H groups in total. The van der Waals surface area contributed by atoms with Crippen molar-refractivity contribution in [1.82, 2.24) is 14.8 Å². The molecule has 0 radical (unpaired) electrons. The van der Waals surface area contributed by atoms with Crippen molar-refractivity contribution in [3.8, 4) is 0 Å². The van der Waals surface area contributed by atoms with Gasteiger partial charge in [0.2, 0.25) is 0 Å². The first kappa shape index (κ1) is 17.5. The van der Waals surface area contributed by atoms with Gasteiger partial charge in [0.15, 0.2) is 5.65 Å². The lowest BCUT2D eigenvalue weighted by molar-refractivity contribution is 0.102. The van der Waals surface area contributed by atoms with E-state index < -0.39 is 0 Å². The number of carbonyl (C=O) groups excluding carboxylic acids is 1. The predicted octanol–water partition coefficient (Wildman–Crippen LogP) is 3.83. The number of nitrogens with zero attached hydrogens (tertiary/aromatic N) is 4. The van der Waals surface area contributed by atoms with Crippen LogP contribution in [0.1, 0.15) is 41.0 Å². The van der Waals surface area contributed by atoms with Crippen molar-refractivity contribution in [3.63, 3.8) is 0 Å². The molecule has 0 aliphatic carbocycles. The largest absolute Gasteiger partial charge is 0.372 e. The summed E-state index contributed by atoms with van der Waals surface area (Å²) in [4.78, 5) is 19.8. The van der Waals surface area contributed by atoms with Gasteiger partial charge in [-0.1, -0.05) is 0 Å². The molecule has 0 unspecified atom stereocenters. The Morgan fingerprint density at radius 1 is 1.04 bits per heavy atom. The van der Waals surface area contributed by atoms with Crippen molar-refractivity contribution in [2.75, 3.05) is 23.3 Å². The maximum absolute atomic E-state index is 12.8. The van der Waals surface area contributed by atoms with E-state index in [1.807, 2.05) is 39.1 Å². The zero-order chi connectivity index (χ0) is 19.0. The summed E-state index contributed by atoms with van der Waals surface area (Å²) in [5.74, 6) is -0.143. The second-order valence-corrected chi connectivity index (χ2v) is 7.25. The van der Waals surface area contributed by atoms with Crippen LogP contribution in [0.3, 0.4) is 0 Å². The van der Waals surface area contributed by atoms with Crippen LogP contribution in [-0.4, -0.2) is 33.8 Å². The third-order valence-electron chi connectivity index (χ3n) is 5.28. The van der Waals surface area contributed by atoms with Crippen molar-refractivity contribution < 1.29 is 4.79 Å². The van der Waals surface area contributed by atoms with Crippen LogP contribution in [0.2, 0.25) is 0 Å². The first-order valence-electron chi connectivity index (χ1n) is 9.50. The van der Waals surface area contributed by atoms with E-state index >= 15 is 0 Å². The van der Waals surface area contributed by atoms with Gasteiger partial charge < -0.3 is 10.2 Å². The number of nitrogens with one attached hydrogen (secondary N) is 1. The van der Waals surface area contributed by atoms with Crippen LogP contribution in [0.15, 0.2) is 30.3 Å². The summed E-state index contributed by atoms with van der Waals surface area (Å²) in [6.07, 6.45) is 3.82. The Morgan fingerprint density at radius 3 is 2.44 bits per heavy atom. The molecule has 0 spiro atoms. The van der Waals surface area contributed by atoms with E-state index in [0.29, 0.717) is 11.3 Å². The fraction of sp³-hybridized carbons (Fsp3) is 0.381. The number of carbonyl (C=O) groups is 1. The highest BCUT2D eigenvalue weighted by molar-refractivity contribution is 6.06. The van der Waals surface area contributed by atoms with E-state index in [-0.39, 0.29) is 5.91 Å². The van der Waals surface area contributed by atoms with Crippen molar-refractivity contribution in [3.05, 3.63) is 47.3 Å². The van der Waals surface area contributed by atoms with Gasteiger partial charge in [-0.3, -0.25) is 9.48 Å². The molecule has 3 aromatic rings. The quantitative estimate of drug-likeness (QED) is 0.768. The highest BCUT2D eigenvalue weighted by Crippen LogP contribution is 2.23. The van der Waals surface area contributed by atoms with Crippen LogP contribution in [0, 0.1) is 13.8 Å². The SMILES string of the molecule is Cc1nc2c(cc1C(=O)Nc1ccc(N3CCCCC3)cc1)c(C)nn2C. The number of piperidine rings is 1. The Morgan fingerprint density at radius 2 is 1.74 bits per heavy atom. The molecule has 6 heteroatoms. The number of pyridine rings is 1. The molecular weight excluding hydrogens is 338 g/mol. The smallest absolute Gasteiger partial charge is 0.257 e. The number of hydrogen-bond acceptors (Lipinski definition) is 4. The Balaban J connectivity index is 1.54. The predicted molar refractivity (Wildman–Crippen MR) is 108 cm³/mol. The molecular formula is C21H25N5O. The van der Waals surface area contributed by atoms with Gasteiger partial charge in [-0.15, -0.1) is 0 Å². The minimum atomic E-state index is -0.143. The molecule has 0 saturated carbocycles. The highest BCUT2D eigenvalue weighted by Gasteiger charge is 2.16. The number of amides is 1. The second-order valence-electron chi connectivity index (χ2n) is 7.25. The molecule has 3 heterocycles. The maximum Gasteiger partial charge on any atom is 0.257 e. The molecule has 27 heavy (non-hydrogen) atoms. The summed E-state index contributed by atoms with van der Waals surface area (Å²) in [5, 5.41) is 8.29. The number of hydrogen-bond donors (Lipinski definition) is 1. The van der Waals surface area contributed by atoms with E-state index in [1.165, 1.54) is 24.9 Å².